The average Bonchev–Trinajstić information content (AvgIpc) is 3.33. The molecule has 0 aromatic heterocycles. The molecule has 2 fully saturated rings. The van der Waals surface area contributed by atoms with Gasteiger partial charge < -0.3 is 24.6 Å². The monoisotopic (exact) mass is 625 g/mol. The first kappa shape index (κ1) is 31.3. The van der Waals surface area contributed by atoms with Gasteiger partial charge in [-0.15, -0.1) is 0 Å². The average molecular weight is 626 g/mol. The lowest BCUT2D eigenvalue weighted by atomic mass is 9.92. The van der Waals surface area contributed by atoms with Gasteiger partial charge in [0.15, 0.2) is 17.3 Å². The Morgan fingerprint density at radius 2 is 1.55 bits per heavy atom. The number of likely N-dealkylation sites (tertiary alicyclic amines) is 2. The Kier molecular flexibility index (Phi) is 9.68. The summed E-state index contributed by atoms with van der Waals surface area (Å²) in [4.78, 5) is 43.7. The van der Waals surface area contributed by atoms with Crippen molar-refractivity contribution in [2.24, 2.45) is 11.8 Å². The van der Waals surface area contributed by atoms with Crippen molar-refractivity contribution >= 4 is 29.3 Å². The van der Waals surface area contributed by atoms with Gasteiger partial charge in [-0.2, -0.15) is 4.39 Å². The number of hydrogen-bond donors (Lipinski definition) is 1. The second-order valence-electron chi connectivity index (χ2n) is 11.1. The van der Waals surface area contributed by atoms with Crippen LogP contribution in [0.1, 0.15) is 40.4 Å². The van der Waals surface area contributed by atoms with E-state index in [0.717, 1.165) is 18.7 Å². The molecule has 0 bridgehead atoms. The molecule has 0 aliphatic carbocycles. The number of halogens is 3. The largest absolute Gasteiger partial charge is 0.494 e. The van der Waals surface area contributed by atoms with Gasteiger partial charge in [0.25, 0.3) is 5.91 Å². The van der Waals surface area contributed by atoms with Gasteiger partial charge in [0, 0.05) is 36.8 Å². The molecule has 0 radical (unpaired) electrons. The van der Waals surface area contributed by atoms with E-state index in [1.54, 1.807) is 34.1 Å². The standard InChI is InChI=1S/C33H34ClF2N3O5/c1-43-26-17-24(28(35)31(44-2)29(26)36)32(41)38-14-12-21-18-39(19-22(21)13-15-38)33(42)30(23-10-6-7-11-25(23)34)37-27(40)16-20-8-4-3-5-9-20/h3-11,17,21-22,30H,12-16,18-19H2,1-2H3,(H,37,40)/t21-,22+,30-/m1/s1. The minimum absolute atomic E-state index is 0.103. The van der Waals surface area contributed by atoms with Crippen LogP contribution in [-0.2, 0) is 16.0 Å². The summed E-state index contributed by atoms with van der Waals surface area (Å²) >= 11 is 6.49. The van der Waals surface area contributed by atoms with E-state index in [-0.39, 0.29) is 41.4 Å². The van der Waals surface area contributed by atoms with Crippen molar-refractivity contribution in [3.8, 4) is 11.5 Å². The SMILES string of the molecule is COc1cc(C(=O)N2CC[C@@H]3CN(C(=O)[C@H](NC(=O)Cc4ccccc4)c4ccccc4Cl)C[C@@H]3CC2)c(F)c(OC)c1F. The van der Waals surface area contributed by atoms with Crippen molar-refractivity contribution in [3.05, 3.63) is 94.0 Å². The normalized spacial score (nSPS) is 18.7. The minimum Gasteiger partial charge on any atom is -0.494 e. The number of methoxy groups -OCH3 is 2. The zero-order valence-electron chi connectivity index (χ0n) is 24.5. The van der Waals surface area contributed by atoms with E-state index in [9.17, 15) is 18.8 Å². The number of nitrogens with zero attached hydrogens (tertiary/aromatic N) is 2. The summed E-state index contributed by atoms with van der Waals surface area (Å²) in [6, 6.07) is 16.4. The van der Waals surface area contributed by atoms with Gasteiger partial charge in [0.05, 0.1) is 26.2 Å². The summed E-state index contributed by atoms with van der Waals surface area (Å²) in [5, 5.41) is 3.29. The number of ether oxygens (including phenoxy) is 2. The van der Waals surface area contributed by atoms with Gasteiger partial charge in [0.1, 0.15) is 6.04 Å². The highest BCUT2D eigenvalue weighted by Crippen LogP contribution is 2.36. The zero-order chi connectivity index (χ0) is 31.4. The number of carbonyl (C=O) groups excluding carboxylic acids is 3. The van der Waals surface area contributed by atoms with Crippen LogP contribution in [-0.4, -0.2) is 67.9 Å². The molecule has 3 amide bonds. The van der Waals surface area contributed by atoms with Gasteiger partial charge in [-0.05, 0) is 42.4 Å². The van der Waals surface area contributed by atoms with Crippen LogP contribution < -0.4 is 14.8 Å². The second kappa shape index (κ2) is 13.6. The van der Waals surface area contributed by atoms with E-state index in [0.29, 0.717) is 49.6 Å². The first-order valence-electron chi connectivity index (χ1n) is 14.5. The molecule has 2 heterocycles. The van der Waals surface area contributed by atoms with Crippen LogP contribution in [0.5, 0.6) is 11.5 Å². The zero-order valence-corrected chi connectivity index (χ0v) is 25.3. The summed E-state index contributed by atoms with van der Waals surface area (Å²) in [5.74, 6) is -3.94. The lowest BCUT2D eigenvalue weighted by Crippen LogP contribution is -2.43. The maximum Gasteiger partial charge on any atom is 0.257 e. The van der Waals surface area contributed by atoms with E-state index in [1.807, 2.05) is 30.3 Å². The van der Waals surface area contributed by atoms with Crippen molar-refractivity contribution < 1.29 is 32.6 Å². The Hall–Kier alpha value is -4.18. The van der Waals surface area contributed by atoms with Gasteiger partial charge >= 0.3 is 0 Å². The van der Waals surface area contributed by atoms with Crippen LogP contribution in [0.15, 0.2) is 60.7 Å². The molecule has 0 spiro atoms. The number of nitrogens with one attached hydrogen (secondary N) is 1. The summed E-state index contributed by atoms with van der Waals surface area (Å²) in [7, 11) is 2.36. The number of benzene rings is 3. The number of fused-ring (bicyclic) bond motifs is 1. The molecule has 232 valence electrons. The van der Waals surface area contributed by atoms with Crippen molar-refractivity contribution in [1.82, 2.24) is 15.1 Å². The van der Waals surface area contributed by atoms with Crippen LogP contribution in [0.4, 0.5) is 8.78 Å². The first-order chi connectivity index (χ1) is 21.2. The van der Waals surface area contributed by atoms with E-state index in [1.165, 1.54) is 7.11 Å². The molecule has 1 N–H and O–H groups in total. The number of amides is 3. The maximum atomic E-state index is 15.0. The van der Waals surface area contributed by atoms with E-state index in [2.05, 4.69) is 5.32 Å². The smallest absolute Gasteiger partial charge is 0.257 e. The molecule has 2 aliphatic heterocycles. The number of rotatable bonds is 8. The lowest BCUT2D eigenvalue weighted by Gasteiger charge is -2.27. The van der Waals surface area contributed by atoms with Gasteiger partial charge in [-0.25, -0.2) is 4.39 Å². The van der Waals surface area contributed by atoms with Crippen molar-refractivity contribution in [2.45, 2.75) is 25.3 Å². The number of carbonyl (C=O) groups is 3. The minimum atomic E-state index is -1.07. The van der Waals surface area contributed by atoms with Crippen molar-refractivity contribution in [2.75, 3.05) is 40.4 Å². The molecule has 5 rings (SSSR count). The fraction of sp³-hybridized carbons (Fsp3) is 0.364. The quantitative estimate of drug-likeness (QED) is 0.379. The second-order valence-corrected chi connectivity index (χ2v) is 11.5. The van der Waals surface area contributed by atoms with Crippen LogP contribution in [0.2, 0.25) is 5.02 Å². The maximum absolute atomic E-state index is 15.0. The van der Waals surface area contributed by atoms with E-state index >= 15 is 4.39 Å². The topological polar surface area (TPSA) is 88.2 Å². The summed E-state index contributed by atoms with van der Waals surface area (Å²) in [5.41, 5.74) is 1.03. The number of hydrogen-bond acceptors (Lipinski definition) is 5. The fourth-order valence-corrected chi connectivity index (χ4v) is 6.38. The van der Waals surface area contributed by atoms with Crippen LogP contribution in [0, 0.1) is 23.5 Å². The van der Waals surface area contributed by atoms with Crippen molar-refractivity contribution in [3.63, 3.8) is 0 Å². The summed E-state index contributed by atoms with van der Waals surface area (Å²) in [6.07, 6.45) is 1.30. The molecule has 11 heteroatoms. The molecule has 2 aliphatic rings. The molecule has 3 aromatic rings. The van der Waals surface area contributed by atoms with E-state index < -0.39 is 29.3 Å². The molecule has 0 unspecified atom stereocenters. The Balaban J connectivity index is 1.28. The Labute approximate surface area is 259 Å². The van der Waals surface area contributed by atoms with Gasteiger partial charge in [-0.3, -0.25) is 14.4 Å². The van der Waals surface area contributed by atoms with Crippen LogP contribution >= 0.6 is 11.6 Å². The summed E-state index contributed by atoms with van der Waals surface area (Å²) in [6.45, 7) is 1.58. The highest BCUT2D eigenvalue weighted by Gasteiger charge is 2.41. The third-order valence-corrected chi connectivity index (χ3v) is 8.82. The predicted octanol–water partition coefficient (Wildman–Crippen LogP) is 5.05. The molecule has 44 heavy (non-hydrogen) atoms. The third kappa shape index (κ3) is 6.50. The molecular formula is C33H34ClF2N3O5. The van der Waals surface area contributed by atoms with Crippen molar-refractivity contribution in [1.29, 1.82) is 0 Å². The Morgan fingerprint density at radius 1 is 0.909 bits per heavy atom. The predicted molar refractivity (Wildman–Crippen MR) is 161 cm³/mol. The summed E-state index contributed by atoms with van der Waals surface area (Å²) < 4.78 is 39.3. The molecular weight excluding hydrogens is 592 g/mol. The first-order valence-corrected chi connectivity index (χ1v) is 14.8. The van der Waals surface area contributed by atoms with Gasteiger partial charge in [-0.1, -0.05) is 60.1 Å². The Morgan fingerprint density at radius 3 is 2.16 bits per heavy atom. The van der Waals surface area contributed by atoms with Crippen LogP contribution in [0.25, 0.3) is 0 Å². The lowest BCUT2D eigenvalue weighted by molar-refractivity contribution is -0.136. The molecule has 0 saturated carbocycles. The molecule has 3 aromatic carbocycles. The fourth-order valence-electron chi connectivity index (χ4n) is 6.13. The molecule has 3 atom stereocenters. The Bertz CT molecular complexity index is 1520. The molecule has 8 nitrogen and oxygen atoms in total. The highest BCUT2D eigenvalue weighted by molar-refractivity contribution is 6.31. The van der Waals surface area contributed by atoms with E-state index in [4.69, 9.17) is 21.1 Å². The molecule has 2 saturated heterocycles. The highest BCUT2D eigenvalue weighted by atomic mass is 35.5. The third-order valence-electron chi connectivity index (χ3n) is 8.47. The van der Waals surface area contributed by atoms with Gasteiger partial charge in [0.2, 0.25) is 17.6 Å². The van der Waals surface area contributed by atoms with Crippen LogP contribution in [0.3, 0.4) is 0 Å².